The lowest BCUT2D eigenvalue weighted by Gasteiger charge is -2.32. The van der Waals surface area contributed by atoms with E-state index in [1.165, 1.54) is 5.56 Å². The summed E-state index contributed by atoms with van der Waals surface area (Å²) in [5, 5.41) is 3.89. The summed E-state index contributed by atoms with van der Waals surface area (Å²) in [5.41, 5.74) is 1.66. The highest BCUT2D eigenvalue weighted by Crippen LogP contribution is 2.22. The molecule has 0 aliphatic carbocycles. The van der Waals surface area contributed by atoms with Gasteiger partial charge in [0.1, 0.15) is 5.76 Å². The van der Waals surface area contributed by atoms with Crippen molar-refractivity contribution in [2.24, 2.45) is 5.92 Å². The molecule has 1 fully saturated rings. The minimum atomic E-state index is -0.0145. The first-order valence-electron chi connectivity index (χ1n) is 7.90. The number of rotatable bonds is 4. The highest BCUT2D eigenvalue weighted by molar-refractivity contribution is 5.92. The van der Waals surface area contributed by atoms with E-state index in [9.17, 15) is 4.79 Å². The van der Waals surface area contributed by atoms with Gasteiger partial charge in [0.15, 0.2) is 5.69 Å². The Morgan fingerprint density at radius 2 is 2.41 bits per heavy atom. The van der Waals surface area contributed by atoms with E-state index in [0.29, 0.717) is 11.6 Å². The second kappa shape index (κ2) is 6.73. The molecule has 1 saturated heterocycles. The zero-order valence-corrected chi connectivity index (χ0v) is 12.9. The van der Waals surface area contributed by atoms with Gasteiger partial charge in [-0.25, -0.2) is 0 Å². The van der Waals surface area contributed by atoms with Gasteiger partial charge >= 0.3 is 0 Å². The lowest BCUT2D eigenvalue weighted by atomic mass is 9.92. The molecule has 1 aliphatic heterocycles. The first-order chi connectivity index (χ1) is 10.8. The van der Waals surface area contributed by atoms with Crippen LogP contribution < -0.4 is 0 Å². The summed E-state index contributed by atoms with van der Waals surface area (Å²) in [4.78, 5) is 18.6. The highest BCUT2D eigenvalue weighted by atomic mass is 16.5. The van der Waals surface area contributed by atoms with Crippen molar-refractivity contribution in [1.29, 1.82) is 0 Å². The van der Waals surface area contributed by atoms with Crippen LogP contribution >= 0.6 is 0 Å². The van der Waals surface area contributed by atoms with Crippen LogP contribution in [-0.2, 0) is 12.8 Å². The lowest BCUT2D eigenvalue weighted by Crippen LogP contribution is -2.40. The molecule has 0 aromatic carbocycles. The van der Waals surface area contributed by atoms with Crippen molar-refractivity contribution in [2.45, 2.75) is 32.6 Å². The third-order valence-electron chi connectivity index (χ3n) is 4.18. The number of hydrogen-bond acceptors (Lipinski definition) is 4. The second-order valence-electron chi connectivity index (χ2n) is 5.86. The van der Waals surface area contributed by atoms with Crippen LogP contribution in [0.2, 0.25) is 0 Å². The number of piperidine rings is 1. The molecule has 22 heavy (non-hydrogen) atoms. The van der Waals surface area contributed by atoms with Crippen molar-refractivity contribution >= 4 is 5.91 Å². The minimum absolute atomic E-state index is 0.0145. The topological polar surface area (TPSA) is 59.2 Å². The van der Waals surface area contributed by atoms with Crippen LogP contribution in [0, 0.1) is 5.92 Å². The SMILES string of the molecule is CCc1cc(C(=O)N2CCC[C@@H](Cc3cccnc3)C2)no1. The maximum absolute atomic E-state index is 12.5. The minimum Gasteiger partial charge on any atom is -0.361 e. The van der Waals surface area contributed by atoms with Gasteiger partial charge < -0.3 is 9.42 Å². The average Bonchev–Trinajstić information content (AvgIpc) is 3.04. The molecule has 116 valence electrons. The normalized spacial score (nSPS) is 18.4. The van der Waals surface area contributed by atoms with E-state index < -0.39 is 0 Å². The molecule has 0 spiro atoms. The fourth-order valence-electron chi connectivity index (χ4n) is 3.01. The van der Waals surface area contributed by atoms with Crippen LogP contribution in [-0.4, -0.2) is 34.0 Å². The van der Waals surface area contributed by atoms with Crippen molar-refractivity contribution in [3.63, 3.8) is 0 Å². The quantitative estimate of drug-likeness (QED) is 0.871. The molecule has 3 rings (SSSR count). The number of nitrogens with zero attached hydrogens (tertiary/aromatic N) is 3. The Bertz CT molecular complexity index is 624. The Hall–Kier alpha value is -2.17. The monoisotopic (exact) mass is 299 g/mol. The lowest BCUT2D eigenvalue weighted by molar-refractivity contribution is 0.0663. The number of carbonyl (C=O) groups is 1. The van der Waals surface area contributed by atoms with Gasteiger partial charge in [-0.15, -0.1) is 0 Å². The Labute approximate surface area is 130 Å². The first-order valence-corrected chi connectivity index (χ1v) is 7.90. The van der Waals surface area contributed by atoms with E-state index in [1.807, 2.05) is 24.1 Å². The molecule has 5 nitrogen and oxygen atoms in total. The fourth-order valence-corrected chi connectivity index (χ4v) is 3.01. The van der Waals surface area contributed by atoms with Gasteiger partial charge in [-0.1, -0.05) is 18.1 Å². The standard InChI is InChI=1S/C17H21N3O2/c1-2-15-10-16(19-22-15)17(21)20-8-4-6-14(12-20)9-13-5-3-7-18-11-13/h3,5,7,10-11,14H,2,4,6,8-9,12H2,1H3/t14-/m0/s1. The van der Waals surface area contributed by atoms with E-state index in [-0.39, 0.29) is 5.91 Å². The summed E-state index contributed by atoms with van der Waals surface area (Å²) < 4.78 is 5.14. The Morgan fingerprint density at radius 1 is 1.50 bits per heavy atom. The van der Waals surface area contributed by atoms with Crippen molar-refractivity contribution in [2.75, 3.05) is 13.1 Å². The molecule has 0 bridgehead atoms. The average molecular weight is 299 g/mol. The smallest absolute Gasteiger partial charge is 0.276 e. The van der Waals surface area contributed by atoms with Crippen LogP contribution in [0.5, 0.6) is 0 Å². The molecular formula is C17H21N3O2. The Balaban J connectivity index is 1.63. The number of hydrogen-bond donors (Lipinski definition) is 0. The van der Waals surface area contributed by atoms with Crippen molar-refractivity contribution in [3.8, 4) is 0 Å². The van der Waals surface area contributed by atoms with Gasteiger partial charge in [0.05, 0.1) is 0 Å². The first kappa shape index (κ1) is 14.8. The molecule has 2 aromatic rings. The molecule has 0 unspecified atom stereocenters. The maximum atomic E-state index is 12.5. The zero-order valence-electron chi connectivity index (χ0n) is 12.9. The molecule has 1 amide bonds. The zero-order chi connectivity index (χ0) is 15.4. The van der Waals surface area contributed by atoms with E-state index >= 15 is 0 Å². The summed E-state index contributed by atoms with van der Waals surface area (Å²) in [6.07, 6.45) is 7.61. The van der Waals surface area contributed by atoms with Gasteiger partial charge in [-0.05, 0) is 36.8 Å². The number of aromatic nitrogens is 2. The largest absolute Gasteiger partial charge is 0.361 e. The van der Waals surface area contributed by atoms with Crippen molar-refractivity contribution in [3.05, 3.63) is 47.6 Å². The third kappa shape index (κ3) is 3.35. The van der Waals surface area contributed by atoms with Gasteiger partial charge in [0.2, 0.25) is 0 Å². The van der Waals surface area contributed by atoms with Crippen molar-refractivity contribution in [1.82, 2.24) is 15.0 Å². The molecular weight excluding hydrogens is 278 g/mol. The number of aryl methyl sites for hydroxylation is 1. The van der Waals surface area contributed by atoms with Gasteiger partial charge in [-0.2, -0.15) is 0 Å². The van der Waals surface area contributed by atoms with Gasteiger partial charge in [0, 0.05) is 38.0 Å². The highest BCUT2D eigenvalue weighted by Gasteiger charge is 2.26. The van der Waals surface area contributed by atoms with Gasteiger partial charge in [-0.3, -0.25) is 9.78 Å². The molecule has 0 N–H and O–H groups in total. The molecule has 0 radical (unpaired) electrons. The third-order valence-corrected chi connectivity index (χ3v) is 4.18. The number of carbonyl (C=O) groups excluding carboxylic acids is 1. The number of pyridine rings is 1. The summed E-state index contributed by atoms with van der Waals surface area (Å²) in [5.74, 6) is 1.23. The van der Waals surface area contributed by atoms with Crippen LogP contribution in [0.15, 0.2) is 35.1 Å². The second-order valence-corrected chi connectivity index (χ2v) is 5.86. The molecule has 0 saturated carbocycles. The Kier molecular flexibility index (Phi) is 4.51. The van der Waals surface area contributed by atoms with E-state index in [0.717, 1.165) is 44.5 Å². The molecule has 1 aliphatic rings. The molecule has 5 heteroatoms. The summed E-state index contributed by atoms with van der Waals surface area (Å²) in [6.45, 7) is 3.57. The fraction of sp³-hybridized carbons (Fsp3) is 0.471. The summed E-state index contributed by atoms with van der Waals surface area (Å²) >= 11 is 0. The van der Waals surface area contributed by atoms with Gasteiger partial charge in [0.25, 0.3) is 5.91 Å². The van der Waals surface area contributed by atoms with Crippen LogP contribution in [0.4, 0.5) is 0 Å². The summed E-state index contributed by atoms with van der Waals surface area (Å²) in [6, 6.07) is 5.81. The van der Waals surface area contributed by atoms with E-state index in [4.69, 9.17) is 4.52 Å². The van der Waals surface area contributed by atoms with Crippen LogP contribution in [0.25, 0.3) is 0 Å². The van der Waals surface area contributed by atoms with Crippen LogP contribution in [0.3, 0.4) is 0 Å². The number of likely N-dealkylation sites (tertiary alicyclic amines) is 1. The predicted molar refractivity (Wildman–Crippen MR) is 82.4 cm³/mol. The molecule has 3 heterocycles. The Morgan fingerprint density at radius 3 is 3.14 bits per heavy atom. The van der Waals surface area contributed by atoms with E-state index in [2.05, 4.69) is 16.2 Å². The summed E-state index contributed by atoms with van der Waals surface area (Å²) in [7, 11) is 0. The molecule has 1 atom stereocenters. The maximum Gasteiger partial charge on any atom is 0.276 e. The van der Waals surface area contributed by atoms with Crippen molar-refractivity contribution < 1.29 is 9.32 Å². The predicted octanol–water partition coefficient (Wildman–Crippen LogP) is 2.73. The molecule has 2 aromatic heterocycles. The number of amides is 1. The van der Waals surface area contributed by atoms with E-state index in [1.54, 1.807) is 12.3 Å². The van der Waals surface area contributed by atoms with Crippen LogP contribution in [0.1, 0.15) is 41.6 Å².